The number of rotatable bonds is 5. The van der Waals surface area contributed by atoms with Crippen LogP contribution >= 0.6 is 23.5 Å². The van der Waals surface area contributed by atoms with Gasteiger partial charge in [-0.25, -0.2) is 0 Å². The van der Waals surface area contributed by atoms with Crippen molar-refractivity contribution >= 4 is 23.5 Å². The van der Waals surface area contributed by atoms with Gasteiger partial charge in [-0.2, -0.15) is 4.98 Å². The molecular weight excluding hydrogens is 354 g/mol. The van der Waals surface area contributed by atoms with E-state index >= 15 is 0 Å². The Labute approximate surface area is 156 Å². The number of thioether (sulfide) groups is 2. The van der Waals surface area contributed by atoms with E-state index in [1.54, 1.807) is 0 Å². The molecule has 134 valence electrons. The normalized spacial score (nSPS) is 20.7. The van der Waals surface area contributed by atoms with Crippen molar-refractivity contribution in [3.8, 4) is 5.75 Å². The van der Waals surface area contributed by atoms with Gasteiger partial charge in [-0.1, -0.05) is 30.1 Å². The van der Waals surface area contributed by atoms with Crippen LogP contribution in [0.1, 0.15) is 54.0 Å². The Hall–Kier alpha value is -1.18. The van der Waals surface area contributed by atoms with Crippen molar-refractivity contribution in [3.63, 3.8) is 0 Å². The summed E-state index contributed by atoms with van der Waals surface area (Å²) in [5, 5.41) is 4.06. The highest BCUT2D eigenvalue weighted by Gasteiger charge is 2.35. The molecule has 0 radical (unpaired) electrons. The van der Waals surface area contributed by atoms with Crippen molar-refractivity contribution in [2.75, 3.05) is 11.5 Å². The van der Waals surface area contributed by atoms with Gasteiger partial charge in [0.25, 0.3) is 5.89 Å². The minimum atomic E-state index is -0.418. The second-order valence-electron chi connectivity index (χ2n) is 6.66. The molecule has 0 spiro atoms. The number of nitrogens with two attached hydrogens (primary N) is 1. The first-order chi connectivity index (χ1) is 12.2. The Morgan fingerprint density at radius 2 is 1.84 bits per heavy atom. The largest absolute Gasteiger partial charge is 0.484 e. The molecule has 5 nitrogen and oxygen atoms in total. The average molecular weight is 378 g/mol. The van der Waals surface area contributed by atoms with Gasteiger partial charge in [0.15, 0.2) is 12.4 Å². The molecule has 1 aliphatic carbocycles. The second kappa shape index (κ2) is 7.60. The van der Waals surface area contributed by atoms with Crippen LogP contribution in [0.15, 0.2) is 28.8 Å². The SMILES string of the molecule is NC1(c2noc(COc3ccc(C4SCCCS4)cc3)n2)CCCC1. The van der Waals surface area contributed by atoms with Gasteiger partial charge < -0.3 is 15.0 Å². The van der Waals surface area contributed by atoms with Crippen LogP contribution in [0.3, 0.4) is 0 Å². The summed E-state index contributed by atoms with van der Waals surface area (Å²) >= 11 is 4.05. The summed E-state index contributed by atoms with van der Waals surface area (Å²) in [6.45, 7) is 0.273. The van der Waals surface area contributed by atoms with E-state index in [-0.39, 0.29) is 6.61 Å². The van der Waals surface area contributed by atoms with Crippen molar-refractivity contribution in [2.24, 2.45) is 5.73 Å². The lowest BCUT2D eigenvalue weighted by Gasteiger charge is -2.21. The third-order valence-corrected chi connectivity index (χ3v) is 7.77. The summed E-state index contributed by atoms with van der Waals surface area (Å²) in [7, 11) is 0. The molecule has 4 rings (SSSR count). The van der Waals surface area contributed by atoms with Gasteiger partial charge in [0.2, 0.25) is 0 Å². The number of ether oxygens (including phenoxy) is 1. The monoisotopic (exact) mass is 377 g/mol. The molecule has 0 atom stereocenters. The number of hydrogen-bond donors (Lipinski definition) is 1. The molecule has 2 heterocycles. The molecule has 2 fully saturated rings. The average Bonchev–Trinajstić information content (AvgIpc) is 3.31. The van der Waals surface area contributed by atoms with Crippen molar-refractivity contribution in [1.29, 1.82) is 0 Å². The lowest BCUT2D eigenvalue weighted by Crippen LogP contribution is -2.34. The van der Waals surface area contributed by atoms with E-state index in [1.807, 2.05) is 35.7 Å². The maximum atomic E-state index is 6.36. The Morgan fingerprint density at radius 3 is 2.56 bits per heavy atom. The molecule has 1 saturated carbocycles. The lowest BCUT2D eigenvalue weighted by atomic mass is 9.99. The lowest BCUT2D eigenvalue weighted by molar-refractivity contribution is 0.241. The summed E-state index contributed by atoms with van der Waals surface area (Å²) in [5.41, 5.74) is 7.30. The molecule has 1 aliphatic heterocycles. The van der Waals surface area contributed by atoms with Gasteiger partial charge in [0.1, 0.15) is 5.75 Å². The standard InChI is InChI=1S/C18H23N3O2S2/c19-18(8-1-2-9-18)17-20-15(23-21-17)12-22-14-6-4-13(5-7-14)16-24-10-3-11-25-16/h4-7,16H,1-3,8-12,19H2. The van der Waals surface area contributed by atoms with Gasteiger partial charge in [0, 0.05) is 0 Å². The van der Waals surface area contributed by atoms with Crippen LogP contribution in [0.2, 0.25) is 0 Å². The van der Waals surface area contributed by atoms with Crippen molar-refractivity contribution < 1.29 is 9.26 Å². The fraction of sp³-hybridized carbons (Fsp3) is 0.556. The van der Waals surface area contributed by atoms with Crippen LogP contribution in [-0.2, 0) is 12.1 Å². The summed E-state index contributed by atoms with van der Waals surface area (Å²) in [5.74, 6) is 4.41. The zero-order chi connectivity index (χ0) is 17.1. The fourth-order valence-corrected chi connectivity index (χ4v) is 6.19. The first-order valence-electron chi connectivity index (χ1n) is 8.81. The van der Waals surface area contributed by atoms with Gasteiger partial charge in [-0.05, 0) is 48.5 Å². The molecule has 0 unspecified atom stereocenters. The summed E-state index contributed by atoms with van der Waals surface area (Å²) in [4.78, 5) is 4.44. The van der Waals surface area contributed by atoms with Crippen LogP contribution in [0.5, 0.6) is 5.75 Å². The molecule has 1 aromatic carbocycles. The van der Waals surface area contributed by atoms with E-state index < -0.39 is 5.54 Å². The zero-order valence-electron chi connectivity index (χ0n) is 14.1. The van der Waals surface area contributed by atoms with Crippen LogP contribution < -0.4 is 10.5 Å². The minimum Gasteiger partial charge on any atom is -0.484 e. The molecule has 0 amide bonds. The number of benzene rings is 1. The number of aromatic nitrogens is 2. The summed E-state index contributed by atoms with van der Waals surface area (Å²) in [6, 6.07) is 8.34. The molecule has 0 bridgehead atoms. The predicted octanol–water partition coefficient (Wildman–Crippen LogP) is 4.25. The molecule has 2 aromatic rings. The van der Waals surface area contributed by atoms with E-state index in [0.29, 0.717) is 16.3 Å². The second-order valence-corrected chi connectivity index (χ2v) is 9.38. The van der Waals surface area contributed by atoms with E-state index in [1.165, 1.54) is 23.5 Å². The van der Waals surface area contributed by atoms with Gasteiger partial charge >= 0.3 is 0 Å². The Morgan fingerprint density at radius 1 is 1.12 bits per heavy atom. The Balaban J connectivity index is 1.34. The summed E-state index contributed by atoms with van der Waals surface area (Å²) < 4.78 is 11.7. The third kappa shape index (κ3) is 3.99. The first kappa shape index (κ1) is 17.2. The molecule has 1 saturated heterocycles. The van der Waals surface area contributed by atoms with Gasteiger partial charge in [0.05, 0.1) is 10.1 Å². The van der Waals surface area contributed by atoms with Crippen LogP contribution in [0, 0.1) is 0 Å². The molecule has 25 heavy (non-hydrogen) atoms. The third-order valence-electron chi connectivity index (χ3n) is 4.75. The predicted molar refractivity (Wildman–Crippen MR) is 102 cm³/mol. The van der Waals surface area contributed by atoms with Crippen molar-refractivity contribution in [3.05, 3.63) is 41.5 Å². The topological polar surface area (TPSA) is 74.2 Å². The Bertz CT molecular complexity index is 693. The Kier molecular flexibility index (Phi) is 5.24. The van der Waals surface area contributed by atoms with Crippen molar-refractivity contribution in [2.45, 2.75) is 48.8 Å². The van der Waals surface area contributed by atoms with E-state index in [0.717, 1.165) is 31.4 Å². The highest BCUT2D eigenvalue weighted by atomic mass is 32.2. The molecule has 2 N–H and O–H groups in total. The number of nitrogens with zero attached hydrogens (tertiary/aromatic N) is 2. The zero-order valence-corrected chi connectivity index (χ0v) is 15.8. The fourth-order valence-electron chi connectivity index (χ4n) is 3.29. The van der Waals surface area contributed by atoms with E-state index in [9.17, 15) is 0 Å². The van der Waals surface area contributed by atoms with Crippen molar-refractivity contribution in [1.82, 2.24) is 10.1 Å². The number of hydrogen-bond acceptors (Lipinski definition) is 7. The molecule has 1 aromatic heterocycles. The quantitative estimate of drug-likeness (QED) is 0.835. The highest BCUT2D eigenvalue weighted by molar-refractivity contribution is 8.16. The maximum absolute atomic E-state index is 6.36. The van der Waals surface area contributed by atoms with Crippen LogP contribution in [-0.4, -0.2) is 21.6 Å². The smallest absolute Gasteiger partial charge is 0.264 e. The molecular formula is C18H23N3O2S2. The van der Waals surface area contributed by atoms with Crippen LogP contribution in [0.4, 0.5) is 0 Å². The van der Waals surface area contributed by atoms with Gasteiger partial charge in [-0.3, -0.25) is 0 Å². The first-order valence-corrected chi connectivity index (χ1v) is 10.9. The maximum Gasteiger partial charge on any atom is 0.264 e. The minimum absolute atomic E-state index is 0.273. The van der Waals surface area contributed by atoms with Crippen LogP contribution in [0.25, 0.3) is 0 Å². The van der Waals surface area contributed by atoms with E-state index in [4.69, 9.17) is 15.0 Å². The van der Waals surface area contributed by atoms with E-state index in [2.05, 4.69) is 22.3 Å². The molecule has 2 aliphatic rings. The highest BCUT2D eigenvalue weighted by Crippen LogP contribution is 2.43. The summed E-state index contributed by atoms with van der Waals surface area (Å²) in [6.07, 6.45) is 5.40. The molecule has 7 heteroatoms. The van der Waals surface area contributed by atoms with Gasteiger partial charge in [-0.15, -0.1) is 23.5 Å².